The molecule has 0 spiro atoms. The first-order valence-electron chi connectivity index (χ1n) is 5.87. The first-order chi connectivity index (χ1) is 9.02. The van der Waals surface area contributed by atoms with Crippen molar-refractivity contribution in [1.82, 2.24) is 25.5 Å². The second-order valence-corrected chi connectivity index (χ2v) is 4.33. The van der Waals surface area contributed by atoms with Gasteiger partial charge in [-0.3, -0.25) is 0 Å². The number of nitrogens with zero attached hydrogens (tertiary/aromatic N) is 4. The Morgan fingerprint density at radius 2 is 2.11 bits per heavy atom. The zero-order valence-electron chi connectivity index (χ0n) is 11.0. The van der Waals surface area contributed by atoms with E-state index in [0.717, 1.165) is 0 Å². The van der Waals surface area contributed by atoms with E-state index in [4.69, 9.17) is 0 Å². The molecule has 5 nitrogen and oxygen atoms in total. The molecular formula is C12H15F2N5. The molecule has 0 fully saturated rings. The van der Waals surface area contributed by atoms with E-state index in [-0.39, 0.29) is 12.0 Å². The van der Waals surface area contributed by atoms with Crippen LogP contribution in [0.15, 0.2) is 12.1 Å². The number of halogens is 2. The maximum absolute atomic E-state index is 14.1. The van der Waals surface area contributed by atoms with Gasteiger partial charge in [-0.2, -0.15) is 4.80 Å². The van der Waals surface area contributed by atoms with Gasteiger partial charge in [0.15, 0.2) is 5.82 Å². The molecule has 1 atom stereocenters. The summed E-state index contributed by atoms with van der Waals surface area (Å²) in [4.78, 5) is 1.31. The highest BCUT2D eigenvalue weighted by Gasteiger charge is 2.22. The molecule has 0 saturated carbocycles. The largest absolute Gasteiger partial charge is 0.312 e. The lowest BCUT2D eigenvalue weighted by Gasteiger charge is -2.17. The summed E-state index contributed by atoms with van der Waals surface area (Å²) in [5.41, 5.74) is 0.415. The van der Waals surface area contributed by atoms with Crippen molar-refractivity contribution in [3.63, 3.8) is 0 Å². The fourth-order valence-corrected chi connectivity index (χ4v) is 1.93. The Bertz CT molecular complexity index is 581. The average molecular weight is 267 g/mol. The molecule has 19 heavy (non-hydrogen) atoms. The van der Waals surface area contributed by atoms with Crippen molar-refractivity contribution < 1.29 is 8.78 Å². The topological polar surface area (TPSA) is 55.6 Å². The minimum absolute atomic E-state index is 0.00922. The number of hydrogen-bond donors (Lipinski definition) is 1. The highest BCUT2D eigenvalue weighted by Crippen LogP contribution is 2.25. The van der Waals surface area contributed by atoms with Crippen molar-refractivity contribution in [2.45, 2.75) is 19.4 Å². The van der Waals surface area contributed by atoms with Gasteiger partial charge in [0, 0.05) is 18.0 Å². The average Bonchev–Trinajstić information content (AvgIpc) is 2.78. The minimum Gasteiger partial charge on any atom is -0.312 e. The molecular weight excluding hydrogens is 252 g/mol. The van der Waals surface area contributed by atoms with Crippen LogP contribution in [-0.4, -0.2) is 27.3 Å². The van der Waals surface area contributed by atoms with Crippen molar-refractivity contribution in [2.75, 3.05) is 7.05 Å². The molecule has 0 radical (unpaired) electrons. The van der Waals surface area contributed by atoms with Gasteiger partial charge in [-0.1, -0.05) is 6.07 Å². The third-order valence-corrected chi connectivity index (χ3v) is 2.95. The summed E-state index contributed by atoms with van der Waals surface area (Å²) >= 11 is 0. The smallest absolute Gasteiger partial charge is 0.176 e. The molecule has 0 aliphatic carbocycles. The van der Waals surface area contributed by atoms with Crippen LogP contribution < -0.4 is 5.32 Å². The van der Waals surface area contributed by atoms with E-state index < -0.39 is 17.7 Å². The molecule has 0 aliphatic heterocycles. The van der Waals surface area contributed by atoms with Crippen LogP contribution in [0.5, 0.6) is 0 Å². The van der Waals surface area contributed by atoms with Crippen molar-refractivity contribution in [2.24, 2.45) is 7.05 Å². The molecule has 102 valence electrons. The molecule has 2 rings (SSSR count). The lowest BCUT2D eigenvalue weighted by Crippen LogP contribution is -2.22. The Kier molecular flexibility index (Phi) is 3.84. The van der Waals surface area contributed by atoms with Gasteiger partial charge < -0.3 is 5.32 Å². The number of aryl methyl sites for hydroxylation is 2. The summed E-state index contributed by atoms with van der Waals surface area (Å²) in [6, 6.07) is 2.15. The van der Waals surface area contributed by atoms with E-state index in [2.05, 4.69) is 20.7 Å². The van der Waals surface area contributed by atoms with Gasteiger partial charge in [0.2, 0.25) is 0 Å². The fraction of sp³-hybridized carbons (Fsp3) is 0.417. The summed E-state index contributed by atoms with van der Waals surface area (Å²) in [6.45, 7) is 1.60. The van der Waals surface area contributed by atoms with Crippen LogP contribution in [-0.2, 0) is 13.5 Å². The number of likely N-dealkylation sites (N-methyl/N-ethyl adjacent to an activating group) is 1. The number of nitrogens with one attached hydrogen (secondary N) is 1. The summed E-state index contributed by atoms with van der Waals surface area (Å²) in [5.74, 6) is -0.684. The van der Waals surface area contributed by atoms with E-state index in [1.165, 1.54) is 16.9 Å². The highest BCUT2D eigenvalue weighted by molar-refractivity contribution is 5.29. The van der Waals surface area contributed by atoms with Gasteiger partial charge in [-0.25, -0.2) is 8.78 Å². The van der Waals surface area contributed by atoms with Crippen molar-refractivity contribution in [1.29, 1.82) is 0 Å². The van der Waals surface area contributed by atoms with Crippen molar-refractivity contribution in [3.8, 4) is 0 Å². The van der Waals surface area contributed by atoms with Crippen LogP contribution in [0.2, 0.25) is 0 Å². The zero-order valence-corrected chi connectivity index (χ0v) is 11.0. The van der Waals surface area contributed by atoms with Crippen LogP contribution in [0.3, 0.4) is 0 Å². The molecule has 2 aromatic rings. The summed E-state index contributed by atoms with van der Waals surface area (Å²) in [5, 5.41) is 14.4. The van der Waals surface area contributed by atoms with E-state index in [0.29, 0.717) is 11.4 Å². The normalized spacial score (nSPS) is 12.7. The Morgan fingerprint density at radius 1 is 1.37 bits per heavy atom. The highest BCUT2D eigenvalue weighted by atomic mass is 19.1. The van der Waals surface area contributed by atoms with E-state index >= 15 is 0 Å². The van der Waals surface area contributed by atoms with Gasteiger partial charge in [-0.05, 0) is 30.8 Å². The van der Waals surface area contributed by atoms with Crippen LogP contribution in [0.1, 0.15) is 23.0 Å². The van der Waals surface area contributed by atoms with E-state index in [1.54, 1.807) is 21.0 Å². The SMILES string of the molecule is CNC(Cc1nnn(C)n1)c1c(F)ccc(C)c1F. The van der Waals surface area contributed by atoms with Gasteiger partial charge in [0.05, 0.1) is 7.05 Å². The molecule has 0 amide bonds. The first kappa shape index (κ1) is 13.5. The lowest BCUT2D eigenvalue weighted by atomic mass is 10.00. The second kappa shape index (κ2) is 5.40. The zero-order chi connectivity index (χ0) is 14.0. The maximum atomic E-state index is 14.1. The number of aromatic nitrogens is 4. The first-order valence-corrected chi connectivity index (χ1v) is 5.87. The third-order valence-electron chi connectivity index (χ3n) is 2.95. The predicted octanol–water partition coefficient (Wildman–Crippen LogP) is 1.30. The van der Waals surface area contributed by atoms with Gasteiger partial charge >= 0.3 is 0 Å². The Labute approximate surface area is 109 Å². The van der Waals surface area contributed by atoms with Crippen LogP contribution in [0.4, 0.5) is 8.78 Å². The molecule has 0 aliphatic rings. The molecule has 7 heteroatoms. The quantitative estimate of drug-likeness (QED) is 0.907. The van der Waals surface area contributed by atoms with Crippen LogP contribution in [0, 0.1) is 18.6 Å². The second-order valence-electron chi connectivity index (χ2n) is 4.33. The Balaban J connectivity index is 2.34. The van der Waals surface area contributed by atoms with E-state index in [9.17, 15) is 8.78 Å². The fourth-order valence-electron chi connectivity index (χ4n) is 1.93. The van der Waals surface area contributed by atoms with Crippen molar-refractivity contribution in [3.05, 3.63) is 40.7 Å². The monoisotopic (exact) mass is 267 g/mol. The Morgan fingerprint density at radius 3 is 2.68 bits per heavy atom. The molecule has 0 bridgehead atoms. The summed E-state index contributed by atoms with van der Waals surface area (Å²) in [6.07, 6.45) is 0.266. The van der Waals surface area contributed by atoms with Crippen LogP contribution >= 0.6 is 0 Å². The third kappa shape index (κ3) is 2.76. The molecule has 1 aromatic heterocycles. The lowest BCUT2D eigenvalue weighted by molar-refractivity contribution is 0.480. The number of benzene rings is 1. The summed E-state index contributed by atoms with van der Waals surface area (Å²) < 4.78 is 27.9. The minimum atomic E-state index is -0.577. The predicted molar refractivity (Wildman–Crippen MR) is 65.4 cm³/mol. The summed E-state index contributed by atoms with van der Waals surface area (Å²) in [7, 11) is 3.28. The molecule has 1 N–H and O–H groups in total. The Hall–Kier alpha value is -1.89. The number of rotatable bonds is 4. The molecule has 0 saturated heterocycles. The van der Waals surface area contributed by atoms with Gasteiger partial charge in [0.25, 0.3) is 0 Å². The van der Waals surface area contributed by atoms with Gasteiger partial charge in [0.1, 0.15) is 11.6 Å². The molecule has 1 aromatic carbocycles. The maximum Gasteiger partial charge on any atom is 0.176 e. The standard InChI is InChI=1S/C12H15F2N5/c1-7-4-5-8(13)11(12(7)14)9(15-2)6-10-16-18-19(3)17-10/h4-5,9,15H,6H2,1-3H3. The molecule has 1 unspecified atom stereocenters. The van der Waals surface area contributed by atoms with Gasteiger partial charge in [-0.15, -0.1) is 10.2 Å². The van der Waals surface area contributed by atoms with Crippen LogP contribution in [0.25, 0.3) is 0 Å². The van der Waals surface area contributed by atoms with Crippen molar-refractivity contribution >= 4 is 0 Å². The van der Waals surface area contributed by atoms with E-state index in [1.807, 2.05) is 0 Å². The number of tetrazole rings is 1. The molecule has 1 heterocycles. The number of hydrogen-bond acceptors (Lipinski definition) is 4.